The molecule has 2 atom stereocenters. The number of carboxylic acids is 1. The second-order valence-electron chi connectivity index (χ2n) is 12.8. The summed E-state index contributed by atoms with van der Waals surface area (Å²) >= 11 is 6.74. The lowest BCUT2D eigenvalue weighted by Crippen LogP contribution is -2.58. The number of nitrogens with zero attached hydrogens (tertiary/aromatic N) is 4. The summed E-state index contributed by atoms with van der Waals surface area (Å²) in [5.74, 6) is -0.923. The summed E-state index contributed by atoms with van der Waals surface area (Å²) in [6, 6.07) is 9.58. The van der Waals surface area contributed by atoms with Crippen molar-refractivity contribution >= 4 is 61.5 Å². The number of para-hydroxylation sites is 1. The van der Waals surface area contributed by atoms with Gasteiger partial charge in [0.25, 0.3) is 0 Å². The van der Waals surface area contributed by atoms with Crippen molar-refractivity contribution in [2.45, 2.75) is 75.7 Å². The maximum Gasteiger partial charge on any atom is 0.322 e. The van der Waals surface area contributed by atoms with E-state index in [0.29, 0.717) is 73.8 Å². The van der Waals surface area contributed by atoms with Gasteiger partial charge in [0.2, 0.25) is 5.91 Å². The van der Waals surface area contributed by atoms with Crippen LogP contribution in [0.25, 0.3) is 0 Å². The van der Waals surface area contributed by atoms with Crippen LogP contribution in [0.4, 0.5) is 15.3 Å². The third-order valence-electron chi connectivity index (χ3n) is 9.99. The summed E-state index contributed by atoms with van der Waals surface area (Å²) in [4.78, 5) is 59.7. The molecule has 2 aromatic carbocycles. The first-order valence-electron chi connectivity index (χ1n) is 16.2. The van der Waals surface area contributed by atoms with Crippen LogP contribution in [0, 0.1) is 0 Å². The number of likely N-dealkylation sites (tertiary alicyclic amines) is 3. The molecule has 0 bridgehead atoms. The monoisotopic (exact) mass is 774 g/mol. The minimum absolute atomic E-state index is 0.00541. The van der Waals surface area contributed by atoms with Gasteiger partial charge in [-0.1, -0.05) is 18.2 Å². The Labute approximate surface area is 290 Å². The zero-order valence-corrected chi connectivity index (χ0v) is 29.2. The van der Waals surface area contributed by atoms with Crippen LogP contribution in [0.2, 0.25) is 0 Å². The zero-order valence-electron chi connectivity index (χ0n) is 26.0. The van der Waals surface area contributed by atoms with E-state index in [9.17, 15) is 29.4 Å². The molecule has 0 unspecified atom stereocenters. The lowest BCUT2D eigenvalue weighted by molar-refractivity contribution is -0.144. The van der Waals surface area contributed by atoms with Gasteiger partial charge in [-0.3, -0.25) is 14.5 Å². The second-order valence-corrected chi connectivity index (χ2v) is 14.5. The Kier molecular flexibility index (Phi) is 10.3. The van der Waals surface area contributed by atoms with Crippen LogP contribution < -0.4 is 10.6 Å². The Morgan fingerprint density at radius 1 is 0.915 bits per heavy atom. The van der Waals surface area contributed by atoms with Crippen LogP contribution in [-0.4, -0.2) is 111 Å². The fraction of sp³-hybridized carbons (Fsp3) is 0.515. The van der Waals surface area contributed by atoms with Crippen molar-refractivity contribution in [2.24, 2.45) is 0 Å². The van der Waals surface area contributed by atoms with Crippen molar-refractivity contribution in [2.75, 3.05) is 38.0 Å². The molecular weight excluding hydrogens is 736 g/mol. The maximum atomic E-state index is 14.0. The fourth-order valence-corrected chi connectivity index (χ4v) is 8.72. The van der Waals surface area contributed by atoms with Gasteiger partial charge in [0, 0.05) is 56.9 Å². The number of urea groups is 2. The predicted molar refractivity (Wildman–Crippen MR) is 182 cm³/mol. The number of halogens is 2. The number of aromatic hydroxyl groups is 1. The van der Waals surface area contributed by atoms with Gasteiger partial charge in [-0.25, -0.2) is 9.59 Å². The molecule has 0 spiro atoms. The number of rotatable bonds is 7. The second kappa shape index (κ2) is 14.4. The van der Waals surface area contributed by atoms with Crippen LogP contribution in [0.3, 0.4) is 0 Å². The van der Waals surface area contributed by atoms with Crippen LogP contribution in [0.15, 0.2) is 45.3 Å². The van der Waals surface area contributed by atoms with Gasteiger partial charge in [0.15, 0.2) is 0 Å². The van der Waals surface area contributed by atoms with E-state index in [4.69, 9.17) is 0 Å². The van der Waals surface area contributed by atoms with Gasteiger partial charge in [0.05, 0.1) is 8.95 Å². The summed E-state index contributed by atoms with van der Waals surface area (Å²) in [5, 5.41) is 25.9. The third kappa shape index (κ3) is 7.39. The number of carbonyl (C=O) groups is 4. The molecule has 2 aromatic rings. The molecule has 3 saturated heterocycles. The molecule has 47 heavy (non-hydrogen) atoms. The highest BCUT2D eigenvalue weighted by Crippen LogP contribution is 2.34. The molecule has 5 amide bonds. The Morgan fingerprint density at radius 3 is 2.23 bits per heavy atom. The van der Waals surface area contributed by atoms with Gasteiger partial charge >= 0.3 is 18.0 Å². The van der Waals surface area contributed by atoms with Crippen molar-refractivity contribution in [3.05, 3.63) is 56.5 Å². The molecule has 4 aliphatic rings. The number of piperidine rings is 2. The van der Waals surface area contributed by atoms with Crippen LogP contribution in [0.1, 0.15) is 49.7 Å². The number of phenolic OH excluding ortho intramolecular Hbond substituents is 1. The van der Waals surface area contributed by atoms with Crippen molar-refractivity contribution < 1.29 is 29.4 Å². The highest BCUT2D eigenvalue weighted by molar-refractivity contribution is 9.11. The standard InChI is InChI=1S/C33H40Br2N6O6/c34-24-16-20(17-25(35)29(24)42)18-27(30(43)38-12-7-22(8-13-38)40-11-3-6-28(40)31(44)45)37-32(46)39-14-9-23(10-15-39)41-19-21-4-1-2-5-26(21)36-33(41)47/h1-2,4-5,16-17,22-23,27-28,42H,3,6-15,18-19H2,(H,36,47)(H,37,46)(H,44,45)/t27-,28+/m1/s1. The Hall–Kier alpha value is -3.36. The normalized spacial score (nSPS) is 21.7. The molecule has 0 radical (unpaired) electrons. The van der Waals surface area contributed by atoms with Crippen LogP contribution >= 0.6 is 31.9 Å². The lowest BCUT2D eigenvalue weighted by atomic mass is 9.99. The number of anilines is 1. The van der Waals surface area contributed by atoms with Gasteiger partial charge in [-0.05, 0) is 106 Å². The molecule has 0 aromatic heterocycles. The molecule has 3 fully saturated rings. The maximum absolute atomic E-state index is 14.0. The summed E-state index contributed by atoms with van der Waals surface area (Å²) in [6.07, 6.45) is 4.33. The molecule has 4 heterocycles. The number of carbonyl (C=O) groups excluding carboxylic acids is 3. The molecular formula is C33H40Br2N6O6. The first-order chi connectivity index (χ1) is 22.6. The Bertz CT molecular complexity index is 1500. The summed E-state index contributed by atoms with van der Waals surface area (Å²) in [7, 11) is 0. The molecule has 14 heteroatoms. The molecule has 0 saturated carbocycles. The number of hydrogen-bond donors (Lipinski definition) is 4. The molecule has 4 aliphatic heterocycles. The van der Waals surface area contributed by atoms with E-state index in [1.54, 1.807) is 21.9 Å². The summed E-state index contributed by atoms with van der Waals surface area (Å²) in [6.45, 7) is 3.14. The molecule has 252 valence electrons. The Morgan fingerprint density at radius 2 is 1.55 bits per heavy atom. The van der Waals surface area contributed by atoms with Crippen LogP contribution in [-0.2, 0) is 22.6 Å². The number of aliphatic carboxylic acids is 1. The van der Waals surface area contributed by atoms with E-state index in [2.05, 4.69) is 47.4 Å². The quantitative estimate of drug-likeness (QED) is 0.322. The van der Waals surface area contributed by atoms with Gasteiger partial charge < -0.3 is 35.5 Å². The minimum atomic E-state index is -0.844. The van der Waals surface area contributed by atoms with Crippen molar-refractivity contribution in [3.63, 3.8) is 0 Å². The number of carboxylic acid groups (broad SMARTS) is 1. The number of benzene rings is 2. The summed E-state index contributed by atoms with van der Waals surface area (Å²) < 4.78 is 0.954. The number of hydrogen-bond acceptors (Lipinski definition) is 6. The summed E-state index contributed by atoms with van der Waals surface area (Å²) in [5.41, 5.74) is 2.65. The van der Waals surface area contributed by atoms with Crippen LogP contribution in [0.5, 0.6) is 5.75 Å². The van der Waals surface area contributed by atoms with E-state index in [1.807, 2.05) is 29.2 Å². The number of amides is 5. The molecule has 4 N–H and O–H groups in total. The number of fused-ring (bicyclic) bond motifs is 1. The Balaban J connectivity index is 1.10. The van der Waals surface area contributed by atoms with E-state index < -0.39 is 18.1 Å². The smallest absolute Gasteiger partial charge is 0.322 e. The predicted octanol–water partition coefficient (Wildman–Crippen LogP) is 4.59. The highest BCUT2D eigenvalue weighted by atomic mass is 79.9. The first-order valence-corrected chi connectivity index (χ1v) is 17.8. The van der Waals surface area contributed by atoms with E-state index in [1.165, 1.54) is 0 Å². The fourth-order valence-electron chi connectivity index (χ4n) is 7.44. The van der Waals surface area contributed by atoms with Crippen molar-refractivity contribution in [1.82, 2.24) is 24.9 Å². The van der Waals surface area contributed by atoms with Crippen molar-refractivity contribution in [3.8, 4) is 5.75 Å². The highest BCUT2D eigenvalue weighted by Gasteiger charge is 2.39. The minimum Gasteiger partial charge on any atom is -0.506 e. The largest absolute Gasteiger partial charge is 0.506 e. The lowest BCUT2D eigenvalue weighted by Gasteiger charge is -2.41. The van der Waals surface area contributed by atoms with E-state index in [-0.39, 0.29) is 42.2 Å². The zero-order chi connectivity index (χ0) is 33.2. The molecule has 6 rings (SSSR count). The topological polar surface area (TPSA) is 146 Å². The average Bonchev–Trinajstić information content (AvgIpc) is 3.57. The first kappa shape index (κ1) is 33.5. The van der Waals surface area contributed by atoms with Gasteiger partial charge in [0.1, 0.15) is 17.8 Å². The van der Waals surface area contributed by atoms with E-state index in [0.717, 1.165) is 29.8 Å². The molecule has 0 aliphatic carbocycles. The van der Waals surface area contributed by atoms with Gasteiger partial charge in [-0.2, -0.15) is 0 Å². The number of phenols is 1. The third-order valence-corrected chi connectivity index (χ3v) is 11.2. The average molecular weight is 777 g/mol. The van der Waals surface area contributed by atoms with Crippen molar-refractivity contribution in [1.29, 1.82) is 0 Å². The van der Waals surface area contributed by atoms with Gasteiger partial charge in [-0.15, -0.1) is 0 Å². The SMILES string of the molecule is O=C(O)[C@@H]1CCCN1C1CCN(C(=O)[C@@H](Cc2cc(Br)c(O)c(Br)c2)NC(=O)N2CCC(N3Cc4ccccc4NC3=O)CC2)CC1. The number of nitrogens with one attached hydrogen (secondary N) is 2. The van der Waals surface area contributed by atoms with E-state index >= 15 is 0 Å². The molecule has 12 nitrogen and oxygen atoms in total.